The maximum atomic E-state index is 13.6. The summed E-state index contributed by atoms with van der Waals surface area (Å²) in [5.74, 6) is 1.03. The van der Waals surface area contributed by atoms with Crippen LogP contribution in [0, 0.1) is 0 Å². The summed E-state index contributed by atoms with van der Waals surface area (Å²) in [7, 11) is 0. The average molecular weight is 474 g/mol. The minimum Gasteiger partial charge on any atom is -0.490 e. The van der Waals surface area contributed by atoms with Crippen LogP contribution in [0.25, 0.3) is 0 Å². The van der Waals surface area contributed by atoms with Crippen molar-refractivity contribution >= 4 is 23.4 Å². The summed E-state index contributed by atoms with van der Waals surface area (Å²) >= 11 is 0.982. The van der Waals surface area contributed by atoms with Crippen molar-refractivity contribution in [2.24, 2.45) is 0 Å². The van der Waals surface area contributed by atoms with Gasteiger partial charge in [-0.05, 0) is 69.0 Å². The number of benzene rings is 2. The molecule has 174 valence electrons. The Bertz CT molecular complexity index is 1040. The summed E-state index contributed by atoms with van der Waals surface area (Å²) in [6, 6.07) is 16.5. The lowest BCUT2D eigenvalue weighted by Gasteiger charge is -2.24. The molecule has 1 aliphatic carbocycles. The number of ether oxygens (including phenoxy) is 1. The highest BCUT2D eigenvalue weighted by Gasteiger charge is 2.36. The van der Waals surface area contributed by atoms with Crippen molar-refractivity contribution in [3.05, 3.63) is 66.4 Å². The van der Waals surface area contributed by atoms with E-state index in [1.54, 1.807) is 29.2 Å². The molecule has 4 nitrogen and oxygen atoms in total. The van der Waals surface area contributed by atoms with E-state index in [4.69, 9.17) is 4.74 Å². The molecule has 1 aromatic heterocycles. The first-order chi connectivity index (χ1) is 15.9. The molecule has 1 aliphatic rings. The number of rotatable bonds is 7. The number of hydrogen-bond donors (Lipinski definition) is 0. The van der Waals surface area contributed by atoms with Gasteiger partial charge >= 0.3 is 6.18 Å². The number of nitrogens with zero attached hydrogens (tertiary/aromatic N) is 3. The number of halogens is 3. The molecule has 8 heteroatoms. The topological polar surface area (TPSA) is 38.2 Å². The van der Waals surface area contributed by atoms with Gasteiger partial charge in [-0.15, -0.1) is 0 Å². The molecular formula is C25H26F3N3OS. The minimum atomic E-state index is -4.54. The van der Waals surface area contributed by atoms with Crippen LogP contribution < -0.4 is 9.64 Å². The second-order valence-corrected chi connectivity index (χ2v) is 8.98. The molecule has 0 amide bonds. The smallest absolute Gasteiger partial charge is 0.420 e. The molecule has 0 spiro atoms. The zero-order chi connectivity index (χ0) is 23.3. The van der Waals surface area contributed by atoms with Gasteiger partial charge in [-0.1, -0.05) is 36.4 Å². The van der Waals surface area contributed by atoms with E-state index in [2.05, 4.69) is 9.97 Å². The quantitative estimate of drug-likeness (QED) is 0.332. The van der Waals surface area contributed by atoms with Gasteiger partial charge in [0.1, 0.15) is 16.3 Å². The van der Waals surface area contributed by atoms with Crippen molar-refractivity contribution in [2.75, 3.05) is 11.4 Å². The number of anilines is 2. The Labute approximate surface area is 196 Å². The van der Waals surface area contributed by atoms with Gasteiger partial charge in [0, 0.05) is 23.3 Å². The highest BCUT2D eigenvalue weighted by atomic mass is 32.2. The predicted molar refractivity (Wildman–Crippen MR) is 124 cm³/mol. The molecule has 3 aromatic rings. The van der Waals surface area contributed by atoms with Crippen LogP contribution in [-0.2, 0) is 6.18 Å². The van der Waals surface area contributed by atoms with E-state index in [0.717, 1.165) is 42.2 Å². The number of hydrogen-bond acceptors (Lipinski definition) is 5. The molecule has 0 bridgehead atoms. The SMILES string of the molecule is CCN(c1ccc(OC2CCCCC2)cc1)c1ncc(C(F)(F)F)c(Sc2ccccc2)n1. The molecule has 2 aromatic carbocycles. The van der Waals surface area contributed by atoms with Gasteiger partial charge in [0.2, 0.25) is 5.95 Å². The van der Waals surface area contributed by atoms with Crippen LogP contribution in [0.2, 0.25) is 0 Å². The molecule has 0 unspecified atom stereocenters. The third-order valence-corrected chi connectivity index (χ3v) is 6.58. The van der Waals surface area contributed by atoms with E-state index in [1.165, 1.54) is 19.3 Å². The summed E-state index contributed by atoms with van der Waals surface area (Å²) in [6.45, 7) is 2.42. The van der Waals surface area contributed by atoms with E-state index in [0.29, 0.717) is 11.4 Å². The molecule has 0 saturated heterocycles. The molecule has 0 radical (unpaired) electrons. The maximum absolute atomic E-state index is 13.6. The Hall–Kier alpha value is -2.74. The largest absolute Gasteiger partial charge is 0.490 e. The molecule has 0 aliphatic heterocycles. The zero-order valence-corrected chi connectivity index (χ0v) is 19.2. The summed E-state index contributed by atoms with van der Waals surface area (Å²) in [6.07, 6.45) is 2.39. The molecule has 0 atom stereocenters. The van der Waals surface area contributed by atoms with Gasteiger partial charge in [0.05, 0.1) is 6.10 Å². The molecule has 1 saturated carbocycles. The first-order valence-corrected chi connectivity index (χ1v) is 12.0. The highest BCUT2D eigenvalue weighted by molar-refractivity contribution is 7.99. The van der Waals surface area contributed by atoms with E-state index in [9.17, 15) is 13.2 Å². The van der Waals surface area contributed by atoms with Crippen LogP contribution in [0.3, 0.4) is 0 Å². The third-order valence-electron chi connectivity index (χ3n) is 5.57. The lowest BCUT2D eigenvalue weighted by atomic mass is 9.98. The standard InChI is InChI=1S/C25H26F3N3OS/c1-2-31(18-13-15-20(16-14-18)32-19-9-5-3-6-10-19)24-29-17-22(25(26,27)28)23(30-24)33-21-11-7-4-8-12-21/h4,7-8,11-17,19H,2-3,5-6,9-10H2,1H3. The Balaban J connectivity index is 1.58. The Kier molecular flexibility index (Phi) is 7.42. The van der Waals surface area contributed by atoms with Crippen LogP contribution >= 0.6 is 11.8 Å². The zero-order valence-electron chi connectivity index (χ0n) is 18.4. The first kappa shape index (κ1) is 23.4. The Morgan fingerprint density at radius 1 is 1.00 bits per heavy atom. The summed E-state index contributed by atoms with van der Waals surface area (Å²) in [5.41, 5.74) is -0.0451. The second kappa shape index (κ2) is 10.5. The number of alkyl halides is 3. The predicted octanol–water partition coefficient (Wildman–Crippen LogP) is 7.52. The van der Waals surface area contributed by atoms with Crippen molar-refractivity contribution in [1.82, 2.24) is 9.97 Å². The van der Waals surface area contributed by atoms with Crippen molar-refractivity contribution in [1.29, 1.82) is 0 Å². The molecular weight excluding hydrogens is 447 g/mol. The van der Waals surface area contributed by atoms with Crippen LogP contribution in [0.5, 0.6) is 5.75 Å². The van der Waals surface area contributed by atoms with E-state index >= 15 is 0 Å². The second-order valence-electron chi connectivity index (χ2n) is 7.92. The molecule has 4 rings (SSSR count). The summed E-state index contributed by atoms with van der Waals surface area (Å²) < 4.78 is 46.9. The first-order valence-electron chi connectivity index (χ1n) is 11.2. The third kappa shape index (κ3) is 5.99. The van der Waals surface area contributed by atoms with Crippen molar-refractivity contribution in [3.8, 4) is 5.75 Å². The van der Waals surface area contributed by atoms with Gasteiger partial charge in [-0.25, -0.2) is 9.97 Å². The Morgan fingerprint density at radius 2 is 1.70 bits per heavy atom. The van der Waals surface area contributed by atoms with E-state index < -0.39 is 11.7 Å². The van der Waals surface area contributed by atoms with Crippen LogP contribution in [0.1, 0.15) is 44.6 Å². The normalized spacial score (nSPS) is 14.8. The van der Waals surface area contributed by atoms with Crippen molar-refractivity contribution in [3.63, 3.8) is 0 Å². The van der Waals surface area contributed by atoms with Crippen LogP contribution in [0.15, 0.2) is 70.7 Å². The van der Waals surface area contributed by atoms with Gasteiger partial charge in [0.15, 0.2) is 0 Å². The van der Waals surface area contributed by atoms with Gasteiger partial charge in [0.25, 0.3) is 0 Å². The monoisotopic (exact) mass is 473 g/mol. The lowest BCUT2D eigenvalue weighted by molar-refractivity contribution is -0.140. The maximum Gasteiger partial charge on any atom is 0.420 e. The van der Waals surface area contributed by atoms with Gasteiger partial charge in [-0.3, -0.25) is 0 Å². The summed E-state index contributed by atoms with van der Waals surface area (Å²) in [4.78, 5) is 10.9. The lowest BCUT2D eigenvalue weighted by Crippen LogP contribution is -2.21. The molecule has 0 N–H and O–H groups in total. The Morgan fingerprint density at radius 3 is 2.33 bits per heavy atom. The van der Waals surface area contributed by atoms with E-state index in [-0.39, 0.29) is 17.1 Å². The molecule has 33 heavy (non-hydrogen) atoms. The van der Waals surface area contributed by atoms with Crippen LogP contribution in [0.4, 0.5) is 24.8 Å². The highest BCUT2D eigenvalue weighted by Crippen LogP contribution is 2.39. The fourth-order valence-corrected chi connectivity index (χ4v) is 4.80. The van der Waals surface area contributed by atoms with Gasteiger partial charge < -0.3 is 9.64 Å². The molecule has 1 fully saturated rings. The fourth-order valence-electron chi connectivity index (χ4n) is 3.88. The number of aromatic nitrogens is 2. The fraction of sp³-hybridized carbons (Fsp3) is 0.360. The average Bonchev–Trinajstić information content (AvgIpc) is 2.81. The van der Waals surface area contributed by atoms with Gasteiger partial charge in [-0.2, -0.15) is 13.2 Å². The van der Waals surface area contributed by atoms with Crippen LogP contribution in [-0.4, -0.2) is 22.6 Å². The van der Waals surface area contributed by atoms with Crippen molar-refractivity contribution in [2.45, 2.75) is 61.2 Å². The molecule has 1 heterocycles. The minimum absolute atomic E-state index is 0.116. The summed E-state index contributed by atoms with van der Waals surface area (Å²) in [5, 5.41) is -0.116. The van der Waals surface area contributed by atoms with E-state index in [1.807, 2.05) is 37.3 Å². The van der Waals surface area contributed by atoms with Crippen molar-refractivity contribution < 1.29 is 17.9 Å².